The summed E-state index contributed by atoms with van der Waals surface area (Å²) in [5.41, 5.74) is 2.27. The Kier molecular flexibility index (Phi) is 5.71. The number of hydrogen-bond acceptors (Lipinski definition) is 6. The summed E-state index contributed by atoms with van der Waals surface area (Å²) < 4.78 is 10.3. The molecule has 0 aliphatic heterocycles. The van der Waals surface area contributed by atoms with Crippen molar-refractivity contribution in [1.29, 1.82) is 0 Å². The highest BCUT2D eigenvalue weighted by Crippen LogP contribution is 2.18. The Morgan fingerprint density at radius 3 is 2.95 bits per heavy atom. The fourth-order valence-corrected chi connectivity index (χ4v) is 1.98. The lowest BCUT2D eigenvalue weighted by Gasteiger charge is -2.14. The topological polar surface area (TPSA) is 80.4 Å². The second kappa shape index (κ2) is 7.75. The van der Waals surface area contributed by atoms with Crippen molar-refractivity contribution in [2.24, 2.45) is 0 Å². The van der Waals surface area contributed by atoms with Crippen molar-refractivity contribution < 1.29 is 14.4 Å². The van der Waals surface area contributed by atoms with Crippen LogP contribution in [0.25, 0.3) is 0 Å². The van der Waals surface area contributed by atoms with Crippen LogP contribution < -0.4 is 10.1 Å². The number of rotatable bonds is 8. The van der Waals surface area contributed by atoms with Crippen molar-refractivity contribution in [2.75, 3.05) is 19.7 Å². The number of aromatic nitrogens is 2. The van der Waals surface area contributed by atoms with Crippen LogP contribution in [0.4, 0.5) is 0 Å². The Morgan fingerprint density at radius 1 is 1.38 bits per heavy atom. The Labute approximate surface area is 124 Å². The van der Waals surface area contributed by atoms with Gasteiger partial charge in [-0.25, -0.2) is 0 Å². The quantitative estimate of drug-likeness (QED) is 0.713. The lowest BCUT2D eigenvalue weighted by molar-refractivity contribution is 0.106. The summed E-state index contributed by atoms with van der Waals surface area (Å²) in [5, 5.41) is 16.7. The summed E-state index contributed by atoms with van der Waals surface area (Å²) in [6, 6.07) is 5.99. The molecular formula is C15H21N3O3. The van der Waals surface area contributed by atoms with Crippen LogP contribution in [0.5, 0.6) is 5.75 Å². The highest BCUT2D eigenvalue weighted by Gasteiger charge is 2.07. The maximum Gasteiger partial charge on any atom is 0.213 e. The first-order valence-corrected chi connectivity index (χ1v) is 6.99. The van der Waals surface area contributed by atoms with Gasteiger partial charge in [-0.2, -0.15) is 4.98 Å². The number of ether oxygens (including phenoxy) is 1. The summed E-state index contributed by atoms with van der Waals surface area (Å²) in [5.74, 6) is 1.47. The van der Waals surface area contributed by atoms with Gasteiger partial charge in [0.15, 0.2) is 5.82 Å². The second-order valence-corrected chi connectivity index (χ2v) is 5.04. The molecule has 0 radical (unpaired) electrons. The lowest BCUT2D eigenvalue weighted by atomic mass is 10.1. The van der Waals surface area contributed by atoms with E-state index in [4.69, 9.17) is 4.74 Å². The normalized spacial score (nSPS) is 12.3. The van der Waals surface area contributed by atoms with Crippen molar-refractivity contribution in [3.8, 4) is 5.75 Å². The Hall–Kier alpha value is -1.92. The molecule has 1 heterocycles. The largest absolute Gasteiger partial charge is 0.491 e. The highest BCUT2D eigenvalue weighted by atomic mass is 16.5. The molecule has 6 nitrogen and oxygen atoms in total. The molecule has 1 aromatic heterocycles. The van der Waals surface area contributed by atoms with Gasteiger partial charge in [-0.15, -0.1) is 0 Å². The van der Waals surface area contributed by atoms with E-state index < -0.39 is 6.10 Å². The maximum absolute atomic E-state index is 9.88. The molecule has 0 saturated carbocycles. The average Bonchev–Trinajstić information content (AvgIpc) is 2.96. The first-order valence-electron chi connectivity index (χ1n) is 6.99. The average molecular weight is 291 g/mol. The predicted octanol–water partition coefficient (Wildman–Crippen LogP) is 1.26. The highest BCUT2D eigenvalue weighted by molar-refractivity contribution is 5.35. The van der Waals surface area contributed by atoms with Crippen LogP contribution in [0.15, 0.2) is 29.1 Å². The minimum Gasteiger partial charge on any atom is -0.491 e. The van der Waals surface area contributed by atoms with Gasteiger partial charge in [-0.1, -0.05) is 22.9 Å². The van der Waals surface area contributed by atoms with Gasteiger partial charge in [0, 0.05) is 19.5 Å². The fraction of sp³-hybridized carbons (Fsp3) is 0.467. The number of hydrogen-bond donors (Lipinski definition) is 2. The standard InChI is InChI=1S/C15H21N3O3/c1-11-3-4-14(12(2)7-11)20-9-13(19)8-16-6-5-15-17-10-21-18-15/h3-4,7,10,13,16,19H,5-6,8-9H2,1-2H3. The van der Waals surface area contributed by atoms with Gasteiger partial charge in [0.2, 0.25) is 6.39 Å². The molecular weight excluding hydrogens is 270 g/mol. The van der Waals surface area contributed by atoms with Gasteiger partial charge in [0.1, 0.15) is 18.5 Å². The van der Waals surface area contributed by atoms with E-state index in [9.17, 15) is 5.11 Å². The Bertz CT molecular complexity index is 543. The van der Waals surface area contributed by atoms with Gasteiger partial charge < -0.3 is 19.7 Å². The predicted molar refractivity (Wildman–Crippen MR) is 78.3 cm³/mol. The van der Waals surface area contributed by atoms with Crippen LogP contribution in [0.3, 0.4) is 0 Å². The minimum absolute atomic E-state index is 0.263. The van der Waals surface area contributed by atoms with Crippen molar-refractivity contribution in [2.45, 2.75) is 26.4 Å². The molecule has 1 unspecified atom stereocenters. The molecule has 2 rings (SSSR count). The molecule has 0 spiro atoms. The molecule has 0 saturated heterocycles. The zero-order chi connectivity index (χ0) is 15.1. The van der Waals surface area contributed by atoms with Gasteiger partial charge in [0.25, 0.3) is 0 Å². The molecule has 0 aliphatic rings. The monoisotopic (exact) mass is 291 g/mol. The van der Waals surface area contributed by atoms with Gasteiger partial charge in [0.05, 0.1) is 0 Å². The van der Waals surface area contributed by atoms with Crippen LogP contribution >= 0.6 is 0 Å². The number of aliphatic hydroxyl groups excluding tert-OH is 1. The number of benzene rings is 1. The molecule has 114 valence electrons. The van der Waals surface area contributed by atoms with E-state index in [0.29, 0.717) is 25.3 Å². The Balaban J connectivity index is 1.64. The molecule has 0 amide bonds. The van der Waals surface area contributed by atoms with Crippen molar-refractivity contribution in [3.63, 3.8) is 0 Å². The molecule has 0 aliphatic carbocycles. The summed E-state index contributed by atoms with van der Waals surface area (Å²) in [4.78, 5) is 3.92. The molecule has 1 aromatic carbocycles. The first-order chi connectivity index (χ1) is 10.1. The van der Waals surface area contributed by atoms with E-state index in [2.05, 4.69) is 26.0 Å². The zero-order valence-corrected chi connectivity index (χ0v) is 12.4. The third-order valence-corrected chi connectivity index (χ3v) is 3.07. The number of nitrogens with one attached hydrogen (secondary N) is 1. The summed E-state index contributed by atoms with van der Waals surface area (Å²) in [6.45, 7) is 5.44. The molecule has 0 bridgehead atoms. The first kappa shape index (κ1) is 15.5. The lowest BCUT2D eigenvalue weighted by Crippen LogP contribution is -2.32. The smallest absolute Gasteiger partial charge is 0.213 e. The van der Waals surface area contributed by atoms with E-state index in [1.54, 1.807) is 0 Å². The number of aryl methyl sites for hydroxylation is 2. The molecule has 6 heteroatoms. The Morgan fingerprint density at radius 2 is 2.24 bits per heavy atom. The summed E-state index contributed by atoms with van der Waals surface area (Å²) in [6.07, 6.45) is 1.42. The third-order valence-electron chi connectivity index (χ3n) is 3.07. The third kappa shape index (κ3) is 5.17. The van der Waals surface area contributed by atoms with Crippen molar-refractivity contribution in [3.05, 3.63) is 41.5 Å². The van der Waals surface area contributed by atoms with E-state index in [0.717, 1.165) is 11.3 Å². The van der Waals surface area contributed by atoms with Gasteiger partial charge >= 0.3 is 0 Å². The number of nitrogens with zero attached hydrogens (tertiary/aromatic N) is 2. The molecule has 0 fully saturated rings. The van der Waals surface area contributed by atoms with E-state index in [1.165, 1.54) is 12.0 Å². The summed E-state index contributed by atoms with van der Waals surface area (Å²) >= 11 is 0. The zero-order valence-electron chi connectivity index (χ0n) is 12.4. The van der Waals surface area contributed by atoms with Crippen molar-refractivity contribution >= 4 is 0 Å². The van der Waals surface area contributed by atoms with Gasteiger partial charge in [-0.3, -0.25) is 0 Å². The van der Waals surface area contributed by atoms with Crippen LogP contribution in [0.1, 0.15) is 17.0 Å². The molecule has 1 atom stereocenters. The SMILES string of the molecule is Cc1ccc(OCC(O)CNCCc2ncon2)c(C)c1. The van der Waals surface area contributed by atoms with Crippen LogP contribution in [0, 0.1) is 13.8 Å². The van der Waals surface area contributed by atoms with Crippen LogP contribution in [-0.2, 0) is 6.42 Å². The summed E-state index contributed by atoms with van der Waals surface area (Å²) in [7, 11) is 0. The van der Waals surface area contributed by atoms with E-state index in [1.807, 2.05) is 26.0 Å². The minimum atomic E-state index is -0.559. The van der Waals surface area contributed by atoms with Gasteiger partial charge in [-0.05, 0) is 25.5 Å². The van der Waals surface area contributed by atoms with E-state index in [-0.39, 0.29) is 6.61 Å². The fourth-order valence-electron chi connectivity index (χ4n) is 1.98. The number of aliphatic hydroxyl groups is 1. The molecule has 2 N–H and O–H groups in total. The molecule has 2 aromatic rings. The van der Waals surface area contributed by atoms with Crippen LogP contribution in [-0.4, -0.2) is 41.0 Å². The second-order valence-electron chi connectivity index (χ2n) is 5.04. The van der Waals surface area contributed by atoms with E-state index >= 15 is 0 Å². The van der Waals surface area contributed by atoms with Crippen molar-refractivity contribution in [1.82, 2.24) is 15.5 Å². The van der Waals surface area contributed by atoms with Crippen LogP contribution in [0.2, 0.25) is 0 Å². The maximum atomic E-state index is 9.88. The molecule has 21 heavy (non-hydrogen) atoms.